The van der Waals surface area contributed by atoms with Crippen LogP contribution in [0.5, 0.6) is 5.75 Å². The zero-order valence-electron chi connectivity index (χ0n) is 18.2. The smallest absolute Gasteiger partial charge is 0.289 e. The summed E-state index contributed by atoms with van der Waals surface area (Å²) in [7, 11) is 0. The molecule has 3 aromatic rings. The normalized spacial score (nSPS) is 14.5. The van der Waals surface area contributed by atoms with E-state index >= 15 is 0 Å². The monoisotopic (exact) mass is 560 g/mol. The van der Waals surface area contributed by atoms with E-state index in [0.717, 1.165) is 19.6 Å². The number of nitrogens with zero attached hydrogens (tertiary/aromatic N) is 2. The number of rotatable bonds is 6. The highest BCUT2D eigenvalue weighted by Gasteiger charge is 2.25. The lowest BCUT2D eigenvalue weighted by atomic mass is 10.1. The molecule has 0 atom stereocenters. The first-order valence-electron chi connectivity index (χ1n) is 10.5. The lowest BCUT2D eigenvalue weighted by molar-refractivity contribution is 0.0594. The number of amides is 1. The number of carbonyl (C=O) groups excluding carboxylic acids is 1. The van der Waals surface area contributed by atoms with E-state index in [-0.39, 0.29) is 49.1 Å². The standard InChI is InChI=1S/C24H21Cl5N2O3/c1-14-2-4-15(5-3-14)12-30-8-10-31(11-9-30)24(32)17-7-6-16(34-17)13-33-23-21(28)19(26)18(25)20(27)22(23)29/h2-7H,8-13H2,1H3. The molecule has 2 aromatic carbocycles. The second-order valence-corrected chi connectivity index (χ2v) is 9.90. The summed E-state index contributed by atoms with van der Waals surface area (Å²) in [4.78, 5) is 17.0. The van der Waals surface area contributed by atoms with Crippen molar-refractivity contribution >= 4 is 63.9 Å². The Morgan fingerprint density at radius 3 is 2.06 bits per heavy atom. The lowest BCUT2D eigenvalue weighted by Crippen LogP contribution is -2.48. The SMILES string of the molecule is Cc1ccc(CN2CCN(C(=O)c3ccc(COc4c(Cl)c(Cl)c(Cl)c(Cl)c4Cl)o3)CC2)cc1. The average Bonchev–Trinajstić information content (AvgIpc) is 3.32. The summed E-state index contributed by atoms with van der Waals surface area (Å²) in [6, 6.07) is 11.8. The van der Waals surface area contributed by atoms with Crippen molar-refractivity contribution in [1.82, 2.24) is 9.80 Å². The molecule has 4 rings (SSSR count). The Bertz CT molecular complexity index is 1160. The maximum atomic E-state index is 12.9. The number of hydrogen-bond donors (Lipinski definition) is 0. The van der Waals surface area contributed by atoms with Crippen LogP contribution in [0, 0.1) is 6.92 Å². The third kappa shape index (κ3) is 5.62. The van der Waals surface area contributed by atoms with Crippen LogP contribution in [0.2, 0.25) is 25.1 Å². The highest BCUT2D eigenvalue weighted by atomic mass is 35.5. The quantitative estimate of drug-likeness (QED) is 0.232. The van der Waals surface area contributed by atoms with E-state index in [0.29, 0.717) is 18.8 Å². The van der Waals surface area contributed by atoms with Crippen LogP contribution in [0.3, 0.4) is 0 Å². The maximum Gasteiger partial charge on any atom is 0.289 e. The molecule has 5 nitrogen and oxygen atoms in total. The van der Waals surface area contributed by atoms with Crippen LogP contribution in [-0.4, -0.2) is 41.9 Å². The molecular weight excluding hydrogens is 542 g/mol. The zero-order valence-corrected chi connectivity index (χ0v) is 22.0. The molecule has 0 N–H and O–H groups in total. The van der Waals surface area contributed by atoms with Crippen LogP contribution in [0.4, 0.5) is 0 Å². The molecule has 0 saturated carbocycles. The summed E-state index contributed by atoms with van der Waals surface area (Å²) in [5, 5.41) is 0.240. The van der Waals surface area contributed by atoms with Gasteiger partial charge in [0.25, 0.3) is 5.91 Å². The molecule has 1 aliphatic heterocycles. The van der Waals surface area contributed by atoms with Gasteiger partial charge in [-0.25, -0.2) is 0 Å². The van der Waals surface area contributed by atoms with Gasteiger partial charge in [0, 0.05) is 32.7 Å². The van der Waals surface area contributed by atoms with Crippen molar-refractivity contribution < 1.29 is 13.9 Å². The van der Waals surface area contributed by atoms with Gasteiger partial charge in [0.1, 0.15) is 22.4 Å². The van der Waals surface area contributed by atoms with E-state index in [1.54, 1.807) is 17.0 Å². The molecular formula is C24H21Cl5N2O3. The molecule has 180 valence electrons. The molecule has 1 saturated heterocycles. The minimum Gasteiger partial charge on any atom is -0.482 e. The number of ether oxygens (including phenoxy) is 1. The maximum absolute atomic E-state index is 12.9. The van der Waals surface area contributed by atoms with Gasteiger partial charge < -0.3 is 14.1 Å². The van der Waals surface area contributed by atoms with E-state index in [9.17, 15) is 4.79 Å². The number of benzene rings is 2. The van der Waals surface area contributed by atoms with E-state index < -0.39 is 0 Å². The fourth-order valence-electron chi connectivity index (χ4n) is 3.64. The van der Waals surface area contributed by atoms with Crippen LogP contribution < -0.4 is 4.74 Å². The molecule has 1 aliphatic rings. The average molecular weight is 563 g/mol. The van der Waals surface area contributed by atoms with E-state index in [1.807, 2.05) is 0 Å². The second kappa shape index (κ2) is 11.0. The van der Waals surface area contributed by atoms with E-state index in [1.165, 1.54) is 11.1 Å². The molecule has 1 amide bonds. The summed E-state index contributed by atoms with van der Waals surface area (Å²) in [6.07, 6.45) is 0. The second-order valence-electron chi connectivity index (χ2n) is 8.01. The number of piperazine rings is 1. The van der Waals surface area contributed by atoms with Crippen molar-refractivity contribution in [2.24, 2.45) is 0 Å². The molecule has 0 unspecified atom stereocenters. The Balaban J connectivity index is 1.33. The Morgan fingerprint density at radius 2 is 1.44 bits per heavy atom. The first-order valence-corrected chi connectivity index (χ1v) is 12.4. The highest BCUT2D eigenvalue weighted by molar-refractivity contribution is 6.55. The minimum absolute atomic E-state index is 0.0225. The van der Waals surface area contributed by atoms with Crippen molar-refractivity contribution in [2.45, 2.75) is 20.1 Å². The van der Waals surface area contributed by atoms with Crippen LogP contribution in [0.1, 0.15) is 27.4 Å². The van der Waals surface area contributed by atoms with E-state index in [2.05, 4.69) is 36.1 Å². The summed E-state index contributed by atoms with van der Waals surface area (Å²) in [6.45, 7) is 5.78. The third-order valence-corrected chi connectivity index (χ3v) is 7.83. The number of furan rings is 1. The van der Waals surface area contributed by atoms with Crippen LogP contribution in [0.25, 0.3) is 0 Å². The molecule has 1 aromatic heterocycles. The summed E-state index contributed by atoms with van der Waals surface area (Å²) in [5.74, 6) is 0.609. The fraction of sp³-hybridized carbons (Fsp3) is 0.292. The van der Waals surface area contributed by atoms with E-state index in [4.69, 9.17) is 67.2 Å². The largest absolute Gasteiger partial charge is 0.482 e. The number of hydrogen-bond acceptors (Lipinski definition) is 4. The molecule has 2 heterocycles. The van der Waals surface area contributed by atoms with Crippen molar-refractivity contribution in [3.8, 4) is 5.75 Å². The predicted molar refractivity (Wildman–Crippen MR) is 137 cm³/mol. The number of halogens is 5. The van der Waals surface area contributed by atoms with Gasteiger partial charge in [0.05, 0.1) is 15.1 Å². The van der Waals surface area contributed by atoms with Crippen LogP contribution >= 0.6 is 58.0 Å². The van der Waals surface area contributed by atoms with Gasteiger partial charge in [-0.15, -0.1) is 0 Å². The number of aryl methyl sites for hydroxylation is 1. The van der Waals surface area contributed by atoms with Crippen molar-refractivity contribution in [1.29, 1.82) is 0 Å². The Kier molecular flexibility index (Phi) is 8.24. The Hall–Kier alpha value is -1.60. The van der Waals surface area contributed by atoms with Gasteiger partial charge >= 0.3 is 0 Å². The Morgan fingerprint density at radius 1 is 0.853 bits per heavy atom. The predicted octanol–water partition coefficient (Wildman–Crippen LogP) is 7.39. The van der Waals surface area contributed by atoms with Gasteiger partial charge in [-0.05, 0) is 24.6 Å². The van der Waals surface area contributed by atoms with Gasteiger partial charge in [-0.2, -0.15) is 0 Å². The Labute approximate surface area is 223 Å². The topological polar surface area (TPSA) is 45.9 Å². The zero-order chi connectivity index (χ0) is 24.4. The van der Waals surface area contributed by atoms with Gasteiger partial charge in [-0.1, -0.05) is 87.8 Å². The van der Waals surface area contributed by atoms with Gasteiger partial charge in [0.2, 0.25) is 0 Å². The highest BCUT2D eigenvalue weighted by Crippen LogP contribution is 2.48. The van der Waals surface area contributed by atoms with Crippen molar-refractivity contribution in [3.63, 3.8) is 0 Å². The minimum atomic E-state index is -0.158. The molecule has 34 heavy (non-hydrogen) atoms. The number of carbonyl (C=O) groups is 1. The van der Waals surface area contributed by atoms with Crippen LogP contribution in [-0.2, 0) is 13.2 Å². The molecule has 0 radical (unpaired) electrons. The molecule has 1 fully saturated rings. The third-order valence-electron chi connectivity index (χ3n) is 5.59. The van der Waals surface area contributed by atoms with Crippen molar-refractivity contribution in [2.75, 3.05) is 26.2 Å². The molecule has 0 aliphatic carbocycles. The molecule has 10 heteroatoms. The van der Waals surface area contributed by atoms with Crippen molar-refractivity contribution in [3.05, 3.63) is 84.2 Å². The van der Waals surface area contributed by atoms with Gasteiger partial charge in [0.15, 0.2) is 11.5 Å². The summed E-state index contributed by atoms with van der Waals surface area (Å²) in [5.41, 5.74) is 2.51. The molecule has 0 bridgehead atoms. The molecule has 0 spiro atoms. The summed E-state index contributed by atoms with van der Waals surface area (Å²) >= 11 is 30.5. The first kappa shape index (κ1) is 25.5. The lowest BCUT2D eigenvalue weighted by Gasteiger charge is -2.34. The van der Waals surface area contributed by atoms with Crippen LogP contribution in [0.15, 0.2) is 40.8 Å². The fourth-order valence-corrected chi connectivity index (χ4v) is 4.87. The first-order chi connectivity index (χ1) is 16.2. The van der Waals surface area contributed by atoms with Gasteiger partial charge in [-0.3, -0.25) is 9.69 Å². The summed E-state index contributed by atoms with van der Waals surface area (Å²) < 4.78 is 11.4.